The number of hydrogen-bond acceptors (Lipinski definition) is 4. The van der Waals surface area contributed by atoms with E-state index >= 15 is 0 Å². The van der Waals surface area contributed by atoms with Crippen molar-refractivity contribution in [3.8, 4) is 0 Å². The molecule has 0 radical (unpaired) electrons. The van der Waals surface area contributed by atoms with Gasteiger partial charge in [0.15, 0.2) is 5.76 Å². The van der Waals surface area contributed by atoms with Crippen molar-refractivity contribution in [2.45, 2.75) is 6.42 Å². The molecule has 0 saturated heterocycles. The summed E-state index contributed by atoms with van der Waals surface area (Å²) in [4.78, 5) is 40.4. The average molecular weight is 372 g/mol. The Labute approximate surface area is 160 Å². The Balaban J connectivity index is 1.59. The number of carbonyl (C=O) groups excluding carboxylic acids is 3. The van der Waals surface area contributed by atoms with Gasteiger partial charge in [-0.25, -0.2) is 0 Å². The zero-order chi connectivity index (χ0) is 19.4. The van der Waals surface area contributed by atoms with Gasteiger partial charge in [0.1, 0.15) is 5.58 Å². The number of amides is 3. The highest BCUT2D eigenvalue weighted by Crippen LogP contribution is 2.38. The molecular weight excluding hydrogens is 356 g/mol. The van der Waals surface area contributed by atoms with Crippen molar-refractivity contribution in [3.63, 3.8) is 0 Å². The van der Waals surface area contributed by atoms with E-state index in [4.69, 9.17) is 4.42 Å². The van der Waals surface area contributed by atoms with Gasteiger partial charge in [0.25, 0.3) is 17.7 Å². The summed E-state index contributed by atoms with van der Waals surface area (Å²) in [5.41, 5.74) is 3.21. The van der Waals surface area contributed by atoms with Crippen LogP contribution in [0.15, 0.2) is 59.0 Å². The van der Waals surface area contributed by atoms with Crippen LogP contribution < -0.4 is 4.90 Å². The Morgan fingerprint density at radius 1 is 1.07 bits per heavy atom. The van der Waals surface area contributed by atoms with Crippen molar-refractivity contribution in [1.29, 1.82) is 0 Å². The van der Waals surface area contributed by atoms with Gasteiger partial charge in [-0.1, -0.05) is 36.4 Å². The Morgan fingerprint density at radius 2 is 1.89 bits per heavy atom. The molecule has 0 saturated carbocycles. The molecule has 0 N–H and O–H groups in total. The molecule has 138 valence electrons. The maximum Gasteiger partial charge on any atom is 0.294 e. The molecule has 3 aromatic rings. The van der Waals surface area contributed by atoms with Crippen LogP contribution in [0.5, 0.6) is 0 Å². The van der Waals surface area contributed by atoms with Crippen LogP contribution in [0, 0.1) is 0 Å². The largest absolute Gasteiger partial charge is 0.451 e. The van der Waals surface area contributed by atoms with Crippen molar-refractivity contribution in [2.75, 3.05) is 18.5 Å². The SMILES string of the molecule is CN1C(=O)C=C(c2cccc3c2N(C(=O)c2cc4ccccc4o2)CC3)C1=O. The number of hydrogen-bond donors (Lipinski definition) is 0. The molecule has 1 aromatic heterocycles. The molecule has 6 heteroatoms. The molecule has 2 aliphatic rings. The molecule has 28 heavy (non-hydrogen) atoms. The second-order valence-electron chi connectivity index (χ2n) is 6.93. The van der Waals surface area contributed by atoms with Crippen molar-refractivity contribution in [3.05, 3.63) is 71.5 Å². The third-order valence-corrected chi connectivity index (χ3v) is 5.30. The van der Waals surface area contributed by atoms with E-state index in [0.29, 0.717) is 35.4 Å². The number of rotatable bonds is 2. The number of anilines is 1. The summed E-state index contributed by atoms with van der Waals surface area (Å²) in [5.74, 6) is -0.718. The topological polar surface area (TPSA) is 70.8 Å². The van der Waals surface area contributed by atoms with Crippen LogP contribution in [0.1, 0.15) is 21.7 Å². The number of para-hydroxylation sites is 2. The Hall–Kier alpha value is -3.67. The van der Waals surface area contributed by atoms with Gasteiger partial charge >= 0.3 is 0 Å². The van der Waals surface area contributed by atoms with E-state index in [1.807, 2.05) is 36.4 Å². The second kappa shape index (κ2) is 5.92. The molecular formula is C22H16N2O4. The standard InChI is InChI=1S/C22H16N2O4/c1-23-19(25)12-16(21(23)26)15-7-4-6-13-9-10-24(20(13)15)22(27)18-11-14-5-2-3-8-17(14)28-18/h2-8,11-12H,9-10H2,1H3. The van der Waals surface area contributed by atoms with E-state index in [9.17, 15) is 14.4 Å². The summed E-state index contributed by atoms with van der Waals surface area (Å²) < 4.78 is 5.74. The molecule has 0 spiro atoms. The predicted molar refractivity (Wildman–Crippen MR) is 104 cm³/mol. The summed E-state index contributed by atoms with van der Waals surface area (Å²) in [5, 5.41) is 0.861. The minimum atomic E-state index is -0.360. The Morgan fingerprint density at radius 3 is 2.64 bits per heavy atom. The van der Waals surface area contributed by atoms with Gasteiger partial charge in [-0.05, 0) is 24.1 Å². The van der Waals surface area contributed by atoms with Crippen molar-refractivity contribution in [1.82, 2.24) is 4.90 Å². The third kappa shape index (κ3) is 2.31. The predicted octanol–water partition coefficient (Wildman–Crippen LogP) is 3.02. The van der Waals surface area contributed by atoms with Gasteiger partial charge in [0.2, 0.25) is 0 Å². The van der Waals surface area contributed by atoms with E-state index in [-0.39, 0.29) is 23.5 Å². The fraction of sp³-hybridized carbons (Fsp3) is 0.136. The fourth-order valence-corrected chi connectivity index (χ4v) is 3.85. The van der Waals surface area contributed by atoms with E-state index in [0.717, 1.165) is 15.8 Å². The molecule has 3 amide bonds. The fourth-order valence-electron chi connectivity index (χ4n) is 3.85. The van der Waals surface area contributed by atoms with Crippen LogP contribution in [-0.4, -0.2) is 36.2 Å². The summed E-state index contributed by atoms with van der Waals surface area (Å²) in [7, 11) is 1.45. The quantitative estimate of drug-likeness (QED) is 0.649. The minimum Gasteiger partial charge on any atom is -0.451 e. The first-order valence-electron chi connectivity index (χ1n) is 9.01. The maximum atomic E-state index is 13.2. The van der Waals surface area contributed by atoms with Gasteiger partial charge in [0, 0.05) is 30.6 Å². The first-order valence-corrected chi connectivity index (χ1v) is 9.01. The van der Waals surface area contributed by atoms with Gasteiger partial charge in [-0.3, -0.25) is 19.3 Å². The highest BCUT2D eigenvalue weighted by Gasteiger charge is 2.35. The van der Waals surface area contributed by atoms with Gasteiger partial charge in [-0.2, -0.15) is 0 Å². The average Bonchev–Trinajstić information content (AvgIpc) is 3.39. The van der Waals surface area contributed by atoms with Crippen LogP contribution in [0.3, 0.4) is 0 Å². The van der Waals surface area contributed by atoms with Crippen LogP contribution in [0.25, 0.3) is 16.5 Å². The number of fused-ring (bicyclic) bond motifs is 2. The molecule has 3 heterocycles. The molecule has 6 nitrogen and oxygen atoms in total. The monoisotopic (exact) mass is 372 g/mol. The lowest BCUT2D eigenvalue weighted by Gasteiger charge is -2.20. The van der Waals surface area contributed by atoms with E-state index in [1.165, 1.54) is 13.1 Å². The Kier molecular flexibility index (Phi) is 3.49. The molecule has 2 aromatic carbocycles. The zero-order valence-electron chi connectivity index (χ0n) is 15.1. The molecule has 0 atom stereocenters. The smallest absolute Gasteiger partial charge is 0.294 e. The zero-order valence-corrected chi connectivity index (χ0v) is 15.1. The van der Waals surface area contributed by atoms with Gasteiger partial charge in [0.05, 0.1) is 11.3 Å². The maximum absolute atomic E-state index is 13.2. The lowest BCUT2D eigenvalue weighted by molar-refractivity contribution is -0.134. The van der Waals surface area contributed by atoms with E-state index in [2.05, 4.69) is 0 Å². The molecule has 5 rings (SSSR count). The van der Waals surface area contributed by atoms with Crippen LogP contribution in [-0.2, 0) is 16.0 Å². The first kappa shape index (κ1) is 16.5. The van der Waals surface area contributed by atoms with Crippen molar-refractivity contribution >= 4 is 40.0 Å². The number of benzene rings is 2. The second-order valence-corrected chi connectivity index (χ2v) is 6.93. The number of imide groups is 1. The molecule has 0 unspecified atom stereocenters. The molecule has 0 bridgehead atoms. The van der Waals surface area contributed by atoms with Crippen molar-refractivity contribution < 1.29 is 18.8 Å². The summed E-state index contributed by atoms with van der Waals surface area (Å²) >= 11 is 0. The third-order valence-electron chi connectivity index (χ3n) is 5.30. The molecule has 2 aliphatic heterocycles. The lowest BCUT2D eigenvalue weighted by atomic mass is 10.00. The lowest BCUT2D eigenvalue weighted by Crippen LogP contribution is -2.30. The highest BCUT2D eigenvalue weighted by molar-refractivity contribution is 6.34. The van der Waals surface area contributed by atoms with Gasteiger partial charge < -0.3 is 9.32 Å². The van der Waals surface area contributed by atoms with E-state index < -0.39 is 0 Å². The van der Waals surface area contributed by atoms with Crippen LogP contribution >= 0.6 is 0 Å². The van der Waals surface area contributed by atoms with Crippen LogP contribution in [0.2, 0.25) is 0 Å². The number of likely N-dealkylation sites (N-methyl/N-ethyl adjacent to an activating group) is 1. The summed E-state index contributed by atoms with van der Waals surface area (Å²) in [6.07, 6.45) is 2.01. The van der Waals surface area contributed by atoms with Gasteiger partial charge in [-0.15, -0.1) is 0 Å². The number of nitrogens with zero attached hydrogens (tertiary/aromatic N) is 2. The number of carbonyl (C=O) groups is 3. The molecule has 0 aliphatic carbocycles. The van der Waals surface area contributed by atoms with Crippen LogP contribution in [0.4, 0.5) is 5.69 Å². The molecule has 0 fully saturated rings. The van der Waals surface area contributed by atoms with Crippen molar-refractivity contribution in [2.24, 2.45) is 0 Å². The highest BCUT2D eigenvalue weighted by atomic mass is 16.3. The summed E-state index contributed by atoms with van der Waals surface area (Å²) in [6.45, 7) is 0.494. The summed E-state index contributed by atoms with van der Waals surface area (Å²) in [6, 6.07) is 14.8. The van der Waals surface area contributed by atoms with E-state index in [1.54, 1.807) is 17.0 Å². The number of furan rings is 1. The Bertz CT molecular complexity index is 1170. The normalized spacial score (nSPS) is 16.1. The minimum absolute atomic E-state index is 0.253. The first-order chi connectivity index (χ1) is 13.5.